The SMILES string of the molecule is CC/C=C\C(C)(C)/C=C\CCC1(C)C=Cc2oc3ccccc3c2C=C1. The molecule has 0 bridgehead atoms. The fourth-order valence-corrected chi connectivity index (χ4v) is 3.40. The molecule has 0 saturated carbocycles. The Labute approximate surface area is 157 Å². The summed E-state index contributed by atoms with van der Waals surface area (Å²) in [7, 11) is 0. The van der Waals surface area contributed by atoms with Gasteiger partial charge in [-0.15, -0.1) is 0 Å². The van der Waals surface area contributed by atoms with Crippen LogP contribution in [-0.4, -0.2) is 0 Å². The zero-order valence-electron chi connectivity index (χ0n) is 16.5. The summed E-state index contributed by atoms with van der Waals surface area (Å²) in [6.45, 7) is 8.98. The summed E-state index contributed by atoms with van der Waals surface area (Å²) < 4.78 is 6.01. The Bertz CT molecular complexity index is 873. The Morgan fingerprint density at radius 3 is 2.58 bits per heavy atom. The largest absolute Gasteiger partial charge is 0.456 e. The first-order valence-electron chi connectivity index (χ1n) is 9.68. The Kier molecular flexibility index (Phi) is 5.36. The smallest absolute Gasteiger partial charge is 0.135 e. The van der Waals surface area contributed by atoms with E-state index >= 15 is 0 Å². The normalized spacial score (nSPS) is 20.3. The molecule has 0 saturated heterocycles. The topological polar surface area (TPSA) is 13.1 Å². The van der Waals surface area contributed by atoms with Crippen molar-refractivity contribution in [2.24, 2.45) is 10.8 Å². The van der Waals surface area contributed by atoms with Gasteiger partial charge in [0.15, 0.2) is 0 Å². The molecule has 136 valence electrons. The number of hydrogen-bond acceptors (Lipinski definition) is 1. The third-order valence-electron chi connectivity index (χ3n) is 5.09. The molecule has 3 rings (SSSR count). The highest BCUT2D eigenvalue weighted by Gasteiger charge is 2.21. The average Bonchev–Trinajstić information content (AvgIpc) is 2.90. The van der Waals surface area contributed by atoms with Gasteiger partial charge in [0.1, 0.15) is 11.3 Å². The van der Waals surface area contributed by atoms with Gasteiger partial charge in [-0.05, 0) is 31.4 Å². The number of para-hydroxylation sites is 1. The molecule has 0 amide bonds. The van der Waals surface area contributed by atoms with Crippen molar-refractivity contribution >= 4 is 23.1 Å². The monoisotopic (exact) mass is 346 g/mol. The van der Waals surface area contributed by atoms with Crippen LogP contribution in [0.25, 0.3) is 23.1 Å². The van der Waals surface area contributed by atoms with Crippen LogP contribution in [0.2, 0.25) is 0 Å². The second kappa shape index (κ2) is 7.53. The second-order valence-corrected chi connectivity index (χ2v) is 8.12. The summed E-state index contributed by atoms with van der Waals surface area (Å²) in [6, 6.07) is 8.25. The van der Waals surface area contributed by atoms with E-state index in [1.54, 1.807) is 0 Å². The number of rotatable bonds is 6. The molecule has 1 nitrogen and oxygen atoms in total. The minimum absolute atomic E-state index is 0.0520. The van der Waals surface area contributed by atoms with E-state index in [1.807, 2.05) is 12.1 Å². The number of hydrogen-bond donors (Lipinski definition) is 0. The molecule has 1 aliphatic carbocycles. The Morgan fingerprint density at radius 2 is 1.77 bits per heavy atom. The third-order valence-corrected chi connectivity index (χ3v) is 5.09. The van der Waals surface area contributed by atoms with Crippen LogP contribution in [0, 0.1) is 10.8 Å². The van der Waals surface area contributed by atoms with E-state index in [2.05, 4.69) is 88.4 Å². The Morgan fingerprint density at radius 1 is 1.04 bits per heavy atom. The highest BCUT2D eigenvalue weighted by atomic mass is 16.3. The van der Waals surface area contributed by atoms with Crippen molar-refractivity contribution in [1.82, 2.24) is 0 Å². The third kappa shape index (κ3) is 4.27. The zero-order chi connectivity index (χ0) is 18.6. The molecule has 1 aliphatic rings. The van der Waals surface area contributed by atoms with Crippen LogP contribution in [-0.2, 0) is 0 Å². The van der Waals surface area contributed by atoms with Gasteiger partial charge in [-0.25, -0.2) is 0 Å². The van der Waals surface area contributed by atoms with Gasteiger partial charge in [-0.3, -0.25) is 0 Å². The van der Waals surface area contributed by atoms with E-state index in [1.165, 1.54) is 10.9 Å². The van der Waals surface area contributed by atoms with Crippen LogP contribution >= 0.6 is 0 Å². The Balaban J connectivity index is 1.70. The number of allylic oxidation sites excluding steroid dienone is 6. The summed E-state index contributed by atoms with van der Waals surface area (Å²) >= 11 is 0. The van der Waals surface area contributed by atoms with Gasteiger partial charge < -0.3 is 4.42 Å². The molecule has 1 atom stereocenters. The van der Waals surface area contributed by atoms with Crippen LogP contribution < -0.4 is 0 Å². The lowest BCUT2D eigenvalue weighted by Gasteiger charge is -2.21. The van der Waals surface area contributed by atoms with Crippen molar-refractivity contribution in [3.8, 4) is 0 Å². The van der Waals surface area contributed by atoms with Crippen LogP contribution in [0.1, 0.15) is 58.3 Å². The minimum Gasteiger partial charge on any atom is -0.456 e. The molecule has 1 aromatic heterocycles. The van der Waals surface area contributed by atoms with E-state index in [0.29, 0.717) is 0 Å². The maximum atomic E-state index is 6.01. The average molecular weight is 347 g/mol. The van der Waals surface area contributed by atoms with Crippen LogP contribution in [0.3, 0.4) is 0 Å². The quantitative estimate of drug-likeness (QED) is 0.486. The molecule has 26 heavy (non-hydrogen) atoms. The molecule has 0 aliphatic heterocycles. The van der Waals surface area contributed by atoms with E-state index in [0.717, 1.165) is 30.6 Å². The first-order valence-corrected chi connectivity index (χ1v) is 9.68. The summed E-state index contributed by atoms with van der Waals surface area (Å²) in [4.78, 5) is 0. The van der Waals surface area contributed by atoms with Crippen molar-refractivity contribution < 1.29 is 4.42 Å². The van der Waals surface area contributed by atoms with Crippen molar-refractivity contribution in [3.63, 3.8) is 0 Å². The first-order chi connectivity index (χ1) is 12.4. The van der Waals surface area contributed by atoms with Gasteiger partial charge in [0.25, 0.3) is 0 Å². The first kappa shape index (κ1) is 18.5. The van der Waals surface area contributed by atoms with Gasteiger partial charge >= 0.3 is 0 Å². The summed E-state index contributed by atoms with van der Waals surface area (Å²) in [5.74, 6) is 0.965. The zero-order valence-corrected chi connectivity index (χ0v) is 16.5. The highest BCUT2D eigenvalue weighted by molar-refractivity contribution is 5.91. The van der Waals surface area contributed by atoms with E-state index in [4.69, 9.17) is 4.42 Å². The fraction of sp³-hybridized carbons (Fsp3) is 0.360. The molecule has 0 N–H and O–H groups in total. The van der Waals surface area contributed by atoms with Crippen LogP contribution in [0.5, 0.6) is 0 Å². The molecule has 0 radical (unpaired) electrons. The van der Waals surface area contributed by atoms with Crippen molar-refractivity contribution in [1.29, 1.82) is 0 Å². The van der Waals surface area contributed by atoms with Crippen molar-refractivity contribution in [3.05, 3.63) is 72.0 Å². The van der Waals surface area contributed by atoms with E-state index < -0.39 is 0 Å². The lowest BCUT2D eigenvalue weighted by molar-refractivity contribution is 0.507. The molecule has 1 aromatic carbocycles. The van der Waals surface area contributed by atoms with Crippen molar-refractivity contribution in [2.45, 2.75) is 47.0 Å². The molecule has 1 heteroatoms. The minimum atomic E-state index is 0.0520. The lowest BCUT2D eigenvalue weighted by atomic mass is 9.84. The predicted octanol–water partition coefficient (Wildman–Crippen LogP) is 7.81. The maximum absolute atomic E-state index is 6.01. The van der Waals surface area contributed by atoms with E-state index in [-0.39, 0.29) is 10.8 Å². The molecule has 1 unspecified atom stereocenters. The lowest BCUT2D eigenvalue weighted by Crippen LogP contribution is -2.08. The summed E-state index contributed by atoms with van der Waals surface area (Å²) in [6.07, 6.45) is 21.4. The van der Waals surface area contributed by atoms with Gasteiger partial charge in [-0.1, -0.05) is 88.4 Å². The molecule has 0 spiro atoms. The van der Waals surface area contributed by atoms with Gasteiger partial charge in [0, 0.05) is 21.8 Å². The number of fused-ring (bicyclic) bond motifs is 3. The molecule has 1 heterocycles. The predicted molar refractivity (Wildman–Crippen MR) is 114 cm³/mol. The molecule has 0 fully saturated rings. The van der Waals surface area contributed by atoms with Crippen LogP contribution in [0.15, 0.2) is 65.1 Å². The molecular formula is C25H30O. The van der Waals surface area contributed by atoms with E-state index in [9.17, 15) is 0 Å². The second-order valence-electron chi connectivity index (χ2n) is 8.12. The highest BCUT2D eigenvalue weighted by Crippen LogP contribution is 2.36. The van der Waals surface area contributed by atoms with Gasteiger partial charge in [0.2, 0.25) is 0 Å². The fourth-order valence-electron chi connectivity index (χ4n) is 3.40. The number of benzene rings is 1. The maximum Gasteiger partial charge on any atom is 0.135 e. The summed E-state index contributed by atoms with van der Waals surface area (Å²) in [5.41, 5.74) is 2.34. The summed E-state index contributed by atoms with van der Waals surface area (Å²) in [5, 5.41) is 1.19. The Hall–Kier alpha value is -2.28. The van der Waals surface area contributed by atoms with Gasteiger partial charge in [-0.2, -0.15) is 0 Å². The standard InChI is InChI=1S/C25H30O/c1-5-6-15-24(2,3)16-9-10-17-25(4)18-13-21-20-11-7-8-12-22(20)26-23(21)14-19-25/h6-9,11-16,18-19H,5,10,17H2,1-4H3/b15-6-,16-9-. The molecule has 2 aromatic rings. The van der Waals surface area contributed by atoms with Gasteiger partial charge in [0.05, 0.1) is 0 Å². The molecular weight excluding hydrogens is 316 g/mol. The number of furan rings is 1. The van der Waals surface area contributed by atoms with Crippen molar-refractivity contribution in [2.75, 3.05) is 0 Å². The van der Waals surface area contributed by atoms with Crippen LogP contribution in [0.4, 0.5) is 0 Å².